The van der Waals surface area contributed by atoms with Crippen LogP contribution in [-0.4, -0.2) is 37.5 Å². The lowest BCUT2D eigenvalue weighted by Crippen LogP contribution is -2.46. The lowest BCUT2D eigenvalue weighted by atomic mass is 10.1. The lowest BCUT2D eigenvalue weighted by molar-refractivity contribution is -0.109. The van der Waals surface area contributed by atoms with Crippen molar-refractivity contribution in [2.24, 2.45) is 0 Å². The molecule has 1 N–H and O–H groups in total. The monoisotopic (exact) mass is 582 g/mol. The Morgan fingerprint density at radius 1 is 0.973 bits per heavy atom. The molecule has 0 saturated carbocycles. The van der Waals surface area contributed by atoms with Crippen molar-refractivity contribution in [2.75, 3.05) is 36.0 Å². The van der Waals surface area contributed by atoms with Crippen molar-refractivity contribution in [3.05, 3.63) is 105 Å². The lowest BCUT2D eigenvalue weighted by Gasteiger charge is -2.37. The van der Waals surface area contributed by atoms with Crippen LogP contribution in [0.1, 0.15) is 32.8 Å². The van der Waals surface area contributed by atoms with Crippen LogP contribution < -0.4 is 15.1 Å². The molecule has 5 nitrogen and oxygen atoms in total. The molecule has 196 valence electrons. The van der Waals surface area contributed by atoms with Crippen LogP contribution in [0, 0.1) is 0 Å². The zero-order valence-electron chi connectivity index (χ0n) is 21.9. The Balaban J connectivity index is 0.000000233. The number of amides is 1. The Morgan fingerprint density at radius 3 is 2.03 bits per heavy atom. The maximum absolute atomic E-state index is 10.3. The highest BCUT2D eigenvalue weighted by Gasteiger charge is 2.17. The third kappa shape index (κ3) is 8.27. The third-order valence-corrected chi connectivity index (χ3v) is 7.39. The van der Waals surface area contributed by atoms with Gasteiger partial charge in [0.1, 0.15) is 0 Å². The van der Waals surface area contributed by atoms with Crippen LogP contribution in [0.5, 0.6) is 0 Å². The Hall–Kier alpha value is -2.96. The highest BCUT2D eigenvalue weighted by atomic mass is 79.9. The molecule has 1 saturated heterocycles. The number of carbonyl (C=O) groups excluding carboxylic acids is 1. The Kier molecular flexibility index (Phi) is 10.9. The molecule has 1 amide bonds. The van der Waals surface area contributed by atoms with Crippen LogP contribution >= 0.6 is 27.5 Å². The van der Waals surface area contributed by atoms with Crippen molar-refractivity contribution < 1.29 is 4.79 Å². The van der Waals surface area contributed by atoms with Crippen LogP contribution in [0.3, 0.4) is 0 Å². The van der Waals surface area contributed by atoms with E-state index in [1.807, 2.05) is 24.3 Å². The van der Waals surface area contributed by atoms with E-state index in [0.717, 1.165) is 59.8 Å². The fourth-order valence-electron chi connectivity index (χ4n) is 4.14. The smallest absolute Gasteiger partial charge is 0.207 e. The normalized spacial score (nSPS) is 16.0. The Bertz CT molecular complexity index is 1150. The van der Waals surface area contributed by atoms with Gasteiger partial charge in [0, 0.05) is 71.2 Å². The first-order valence-corrected chi connectivity index (χ1v) is 13.7. The topological polar surface area (TPSA) is 38.8 Å². The summed E-state index contributed by atoms with van der Waals surface area (Å²) in [6, 6.07) is 16.4. The Labute approximate surface area is 234 Å². The molecule has 0 aliphatic carbocycles. The van der Waals surface area contributed by atoms with Gasteiger partial charge in [-0.15, -0.1) is 0 Å². The minimum Gasteiger partial charge on any atom is -0.368 e. The molecule has 0 radical (unpaired) electrons. The van der Waals surface area contributed by atoms with Gasteiger partial charge in [0.25, 0.3) is 0 Å². The minimum atomic E-state index is 0.578. The average molecular weight is 584 g/mol. The number of nitrogens with zero attached hydrogens (tertiary/aromatic N) is 3. The first-order chi connectivity index (χ1) is 17.8. The SMILES string of the molecule is C=C1C=CC(Br)=CN1/C(C)=C(\C)CC.O=CNCc1ccc(N2CCN(c3ccc(Cl)cc3)CC2)cc1. The zero-order valence-corrected chi connectivity index (χ0v) is 24.2. The largest absolute Gasteiger partial charge is 0.368 e. The summed E-state index contributed by atoms with van der Waals surface area (Å²) < 4.78 is 1.08. The van der Waals surface area contributed by atoms with E-state index >= 15 is 0 Å². The Morgan fingerprint density at radius 2 is 1.51 bits per heavy atom. The molecule has 2 heterocycles. The van der Waals surface area contributed by atoms with Crippen LogP contribution in [0.2, 0.25) is 5.02 Å². The number of hydrogen-bond donors (Lipinski definition) is 1. The van der Waals surface area contributed by atoms with Crippen molar-refractivity contribution in [3.63, 3.8) is 0 Å². The summed E-state index contributed by atoms with van der Waals surface area (Å²) in [5, 5.41) is 3.46. The van der Waals surface area contributed by atoms with Crippen molar-refractivity contribution in [2.45, 2.75) is 33.7 Å². The first kappa shape index (κ1) is 28.6. The number of benzene rings is 2. The van der Waals surface area contributed by atoms with E-state index in [2.05, 4.69) is 106 Å². The molecule has 2 aliphatic heterocycles. The van der Waals surface area contributed by atoms with Gasteiger partial charge in [-0.3, -0.25) is 4.79 Å². The highest BCUT2D eigenvalue weighted by molar-refractivity contribution is 9.11. The molecule has 0 bridgehead atoms. The van der Waals surface area contributed by atoms with Gasteiger partial charge in [-0.25, -0.2) is 0 Å². The van der Waals surface area contributed by atoms with Gasteiger partial charge in [0.15, 0.2) is 0 Å². The molecule has 2 aliphatic rings. The van der Waals surface area contributed by atoms with Crippen molar-refractivity contribution >= 4 is 45.3 Å². The molecule has 2 aromatic carbocycles. The van der Waals surface area contributed by atoms with Gasteiger partial charge >= 0.3 is 0 Å². The molecule has 0 unspecified atom stereocenters. The van der Waals surface area contributed by atoms with Crippen LogP contribution in [0.4, 0.5) is 11.4 Å². The van der Waals surface area contributed by atoms with E-state index in [1.165, 1.54) is 22.6 Å². The maximum atomic E-state index is 10.3. The number of piperazine rings is 1. The van der Waals surface area contributed by atoms with Gasteiger partial charge in [0.2, 0.25) is 6.41 Å². The average Bonchev–Trinajstić information content (AvgIpc) is 2.93. The highest BCUT2D eigenvalue weighted by Crippen LogP contribution is 2.26. The van der Waals surface area contributed by atoms with Gasteiger partial charge in [-0.1, -0.05) is 42.8 Å². The molecular formula is C30H36BrClN4O. The van der Waals surface area contributed by atoms with Crippen molar-refractivity contribution in [1.29, 1.82) is 0 Å². The zero-order chi connectivity index (χ0) is 26.8. The van der Waals surface area contributed by atoms with Crippen molar-refractivity contribution in [3.8, 4) is 0 Å². The summed E-state index contributed by atoms with van der Waals surface area (Å²) in [4.78, 5) is 17.2. The molecule has 4 rings (SSSR count). The minimum absolute atomic E-state index is 0.578. The molecular weight excluding hydrogens is 548 g/mol. The van der Waals surface area contributed by atoms with E-state index in [0.29, 0.717) is 6.54 Å². The van der Waals surface area contributed by atoms with E-state index in [-0.39, 0.29) is 0 Å². The fourth-order valence-corrected chi connectivity index (χ4v) is 4.60. The van der Waals surface area contributed by atoms with Gasteiger partial charge in [-0.2, -0.15) is 0 Å². The standard InChI is InChI=1S/C18H20ClN3O.C12H16BrN/c19-16-3-7-18(8-4-16)22-11-9-21(10-12-22)17-5-1-15(2-6-17)13-20-14-23;1-5-9(2)11(4)14-8-12(13)7-6-10(14)3/h1-8,14H,9-13H2,(H,20,23);6-8H,3,5H2,1-2,4H3/b;11-9+. The molecule has 2 aromatic rings. The molecule has 0 aromatic heterocycles. The number of nitrogens with one attached hydrogen (secondary N) is 1. The van der Waals surface area contributed by atoms with Gasteiger partial charge in [-0.05, 0) is 90.3 Å². The van der Waals surface area contributed by atoms with Gasteiger partial charge in [0.05, 0.1) is 0 Å². The van der Waals surface area contributed by atoms with Crippen LogP contribution in [0.15, 0.2) is 94.9 Å². The maximum Gasteiger partial charge on any atom is 0.207 e. The van der Waals surface area contributed by atoms with Crippen LogP contribution in [-0.2, 0) is 11.3 Å². The van der Waals surface area contributed by atoms with Gasteiger partial charge < -0.3 is 20.0 Å². The molecule has 7 heteroatoms. The number of anilines is 2. The van der Waals surface area contributed by atoms with Crippen molar-refractivity contribution in [1.82, 2.24) is 10.2 Å². The summed E-state index contributed by atoms with van der Waals surface area (Å²) >= 11 is 9.41. The van der Waals surface area contributed by atoms with E-state index < -0.39 is 0 Å². The summed E-state index contributed by atoms with van der Waals surface area (Å²) in [6.45, 7) is 15.0. The summed E-state index contributed by atoms with van der Waals surface area (Å²) in [7, 11) is 0. The molecule has 0 atom stereocenters. The summed E-state index contributed by atoms with van der Waals surface area (Å²) in [6.07, 6.45) is 7.87. The number of halogens is 2. The molecule has 0 spiro atoms. The van der Waals surface area contributed by atoms with Crippen LogP contribution in [0.25, 0.3) is 0 Å². The van der Waals surface area contributed by atoms with E-state index in [1.54, 1.807) is 0 Å². The molecule has 37 heavy (non-hydrogen) atoms. The quantitative estimate of drug-likeness (QED) is 0.349. The summed E-state index contributed by atoms with van der Waals surface area (Å²) in [5.41, 5.74) is 7.23. The number of rotatable bonds is 7. The second-order valence-corrected chi connectivity index (χ2v) is 10.4. The van der Waals surface area contributed by atoms with E-state index in [4.69, 9.17) is 11.6 Å². The number of carbonyl (C=O) groups is 1. The predicted octanol–water partition coefficient (Wildman–Crippen LogP) is 7.22. The second-order valence-electron chi connectivity index (χ2n) is 9.04. The number of hydrogen-bond acceptors (Lipinski definition) is 4. The second kappa shape index (κ2) is 14.1. The summed E-state index contributed by atoms with van der Waals surface area (Å²) in [5.74, 6) is 0. The predicted molar refractivity (Wildman–Crippen MR) is 161 cm³/mol. The third-order valence-electron chi connectivity index (χ3n) is 6.67. The first-order valence-electron chi connectivity index (χ1n) is 12.5. The van der Waals surface area contributed by atoms with E-state index in [9.17, 15) is 4.79 Å². The molecule has 1 fully saturated rings. The fraction of sp³-hybridized carbons (Fsp3) is 0.300. The number of allylic oxidation sites excluding steroid dienone is 5.